The molecule has 3 rings (SSSR count). The summed E-state index contributed by atoms with van der Waals surface area (Å²) in [6.45, 7) is 2.48. The van der Waals surface area contributed by atoms with Gasteiger partial charge in [0.1, 0.15) is 17.2 Å². The van der Waals surface area contributed by atoms with Crippen molar-refractivity contribution < 1.29 is 9.47 Å². The zero-order chi connectivity index (χ0) is 18.4. The molecule has 0 aliphatic rings. The highest BCUT2D eigenvalue weighted by Gasteiger charge is 2.10. The predicted molar refractivity (Wildman–Crippen MR) is 99.3 cm³/mol. The van der Waals surface area contributed by atoms with Crippen LogP contribution in [-0.4, -0.2) is 28.9 Å². The second-order valence-electron chi connectivity index (χ2n) is 5.52. The van der Waals surface area contributed by atoms with E-state index in [4.69, 9.17) is 9.47 Å². The minimum absolute atomic E-state index is 0.280. The summed E-state index contributed by atoms with van der Waals surface area (Å²) in [5.41, 5.74) is 1.70. The Bertz CT molecular complexity index is 923. The van der Waals surface area contributed by atoms with Crippen molar-refractivity contribution in [3.05, 3.63) is 70.1 Å². The molecule has 7 nitrogen and oxygen atoms in total. The molecule has 0 unspecified atom stereocenters. The summed E-state index contributed by atoms with van der Waals surface area (Å²) in [7, 11) is 1.60. The monoisotopic (exact) mass is 352 g/mol. The van der Waals surface area contributed by atoms with Gasteiger partial charge in [0.05, 0.1) is 13.7 Å². The van der Waals surface area contributed by atoms with Gasteiger partial charge in [0.2, 0.25) is 5.95 Å². The van der Waals surface area contributed by atoms with Crippen molar-refractivity contribution in [2.75, 3.05) is 19.0 Å². The van der Waals surface area contributed by atoms with Crippen molar-refractivity contribution in [2.45, 2.75) is 13.3 Å². The summed E-state index contributed by atoms with van der Waals surface area (Å²) in [4.78, 5) is 15.1. The summed E-state index contributed by atoms with van der Waals surface area (Å²) in [5, 5.41) is 11.1. The van der Waals surface area contributed by atoms with E-state index in [1.165, 1.54) is 0 Å². The van der Waals surface area contributed by atoms with E-state index in [9.17, 15) is 4.79 Å². The summed E-state index contributed by atoms with van der Waals surface area (Å²) in [5.74, 6) is 1.78. The van der Waals surface area contributed by atoms with Gasteiger partial charge in [-0.05, 0) is 37.3 Å². The number of ether oxygens (including phenoxy) is 2. The Balaban J connectivity index is 1.76. The van der Waals surface area contributed by atoms with Crippen molar-refractivity contribution in [3.63, 3.8) is 0 Å². The number of aromatic nitrogens is 3. The van der Waals surface area contributed by atoms with Crippen molar-refractivity contribution in [1.29, 1.82) is 0 Å². The lowest BCUT2D eigenvalue weighted by Gasteiger charge is -2.09. The van der Waals surface area contributed by atoms with Gasteiger partial charge in [-0.3, -0.25) is 9.78 Å². The lowest BCUT2D eigenvalue weighted by molar-refractivity contribution is 0.337. The van der Waals surface area contributed by atoms with Crippen LogP contribution < -0.4 is 20.3 Å². The van der Waals surface area contributed by atoms with Crippen molar-refractivity contribution in [2.24, 2.45) is 0 Å². The van der Waals surface area contributed by atoms with Gasteiger partial charge in [-0.25, -0.2) is 0 Å². The Morgan fingerprint density at radius 1 is 1.08 bits per heavy atom. The molecule has 0 bridgehead atoms. The van der Waals surface area contributed by atoms with Gasteiger partial charge in [0, 0.05) is 17.7 Å². The highest BCUT2D eigenvalue weighted by molar-refractivity contribution is 5.54. The standard InChI is InChI=1S/C19H20N4O3/c1-3-26-17-7-5-4-6-13(17)12-16-18(24)21-19(23-22-16)20-14-8-10-15(25-2)11-9-14/h4-11H,3,12H2,1-2H3,(H2,20,21,23,24). The Morgan fingerprint density at radius 2 is 1.85 bits per heavy atom. The Kier molecular flexibility index (Phi) is 5.48. The van der Waals surface area contributed by atoms with Gasteiger partial charge in [-0.15, -0.1) is 10.2 Å². The first kappa shape index (κ1) is 17.5. The van der Waals surface area contributed by atoms with Crippen LogP contribution in [0.1, 0.15) is 18.2 Å². The topological polar surface area (TPSA) is 89.1 Å². The molecule has 0 aliphatic carbocycles. The van der Waals surface area contributed by atoms with E-state index in [0.29, 0.717) is 18.7 Å². The fourth-order valence-electron chi connectivity index (χ4n) is 2.47. The number of hydrogen-bond donors (Lipinski definition) is 2. The van der Waals surface area contributed by atoms with Crippen LogP contribution in [-0.2, 0) is 6.42 Å². The molecule has 0 amide bonds. The quantitative estimate of drug-likeness (QED) is 0.680. The molecule has 1 aromatic heterocycles. The molecule has 26 heavy (non-hydrogen) atoms. The average Bonchev–Trinajstić information content (AvgIpc) is 2.66. The molecule has 0 saturated heterocycles. The lowest BCUT2D eigenvalue weighted by Crippen LogP contribution is -2.19. The molecule has 0 saturated carbocycles. The maximum atomic E-state index is 12.3. The van der Waals surface area contributed by atoms with E-state index in [1.807, 2.05) is 55.5 Å². The van der Waals surface area contributed by atoms with Crippen LogP contribution in [0.3, 0.4) is 0 Å². The van der Waals surface area contributed by atoms with Gasteiger partial charge >= 0.3 is 0 Å². The number of hydrogen-bond acceptors (Lipinski definition) is 6. The molecular weight excluding hydrogens is 332 g/mol. The minimum atomic E-state index is -0.290. The fourth-order valence-corrected chi connectivity index (χ4v) is 2.47. The number of nitrogens with zero attached hydrogens (tertiary/aromatic N) is 2. The predicted octanol–water partition coefficient (Wildman–Crippen LogP) is 2.91. The molecule has 2 N–H and O–H groups in total. The Hall–Kier alpha value is -3.35. The SMILES string of the molecule is CCOc1ccccc1Cc1nnc(Nc2ccc(OC)cc2)[nH]c1=O. The van der Waals surface area contributed by atoms with Crippen LogP contribution in [0, 0.1) is 0 Å². The fraction of sp³-hybridized carbons (Fsp3) is 0.211. The maximum absolute atomic E-state index is 12.3. The van der Waals surface area contributed by atoms with E-state index in [1.54, 1.807) is 7.11 Å². The average molecular weight is 352 g/mol. The summed E-state index contributed by atoms with van der Waals surface area (Å²) in [6, 6.07) is 14.9. The van der Waals surface area contributed by atoms with E-state index >= 15 is 0 Å². The third-order valence-electron chi connectivity index (χ3n) is 3.75. The number of anilines is 2. The van der Waals surface area contributed by atoms with Crippen LogP contribution in [0.4, 0.5) is 11.6 Å². The van der Waals surface area contributed by atoms with E-state index in [2.05, 4.69) is 20.5 Å². The second kappa shape index (κ2) is 8.15. The number of nitrogens with one attached hydrogen (secondary N) is 2. The van der Waals surface area contributed by atoms with Crippen LogP contribution in [0.2, 0.25) is 0 Å². The van der Waals surface area contributed by atoms with Crippen molar-refractivity contribution in [1.82, 2.24) is 15.2 Å². The van der Waals surface area contributed by atoms with Gasteiger partial charge < -0.3 is 14.8 Å². The number of benzene rings is 2. The number of H-pyrrole nitrogens is 1. The van der Waals surface area contributed by atoms with Crippen molar-refractivity contribution >= 4 is 11.6 Å². The number of methoxy groups -OCH3 is 1. The first-order chi connectivity index (χ1) is 12.7. The largest absolute Gasteiger partial charge is 0.497 e. The molecule has 3 aromatic rings. The van der Waals surface area contributed by atoms with Gasteiger partial charge in [-0.1, -0.05) is 18.2 Å². The zero-order valence-corrected chi connectivity index (χ0v) is 14.7. The molecule has 0 radical (unpaired) electrons. The molecule has 2 aromatic carbocycles. The number of rotatable bonds is 7. The van der Waals surface area contributed by atoms with Gasteiger partial charge in [0.15, 0.2) is 0 Å². The van der Waals surface area contributed by atoms with Gasteiger partial charge in [-0.2, -0.15) is 0 Å². The summed E-state index contributed by atoms with van der Waals surface area (Å²) < 4.78 is 10.7. The second-order valence-corrected chi connectivity index (χ2v) is 5.52. The number of aromatic amines is 1. The lowest BCUT2D eigenvalue weighted by atomic mass is 10.1. The molecule has 1 heterocycles. The smallest absolute Gasteiger partial charge is 0.274 e. The first-order valence-electron chi connectivity index (χ1n) is 8.27. The van der Waals surface area contributed by atoms with Crippen LogP contribution >= 0.6 is 0 Å². The molecule has 0 spiro atoms. The van der Waals surface area contributed by atoms with Crippen LogP contribution in [0.25, 0.3) is 0 Å². The van der Waals surface area contributed by atoms with Crippen LogP contribution in [0.5, 0.6) is 11.5 Å². The maximum Gasteiger partial charge on any atom is 0.274 e. The zero-order valence-electron chi connectivity index (χ0n) is 14.7. The van der Waals surface area contributed by atoms with Gasteiger partial charge in [0.25, 0.3) is 5.56 Å². The third-order valence-corrected chi connectivity index (χ3v) is 3.75. The van der Waals surface area contributed by atoms with E-state index in [-0.39, 0.29) is 11.5 Å². The molecule has 0 atom stereocenters. The molecular formula is C19H20N4O3. The highest BCUT2D eigenvalue weighted by atomic mass is 16.5. The third kappa shape index (κ3) is 4.18. The van der Waals surface area contributed by atoms with E-state index in [0.717, 1.165) is 22.7 Å². The normalized spacial score (nSPS) is 10.4. The minimum Gasteiger partial charge on any atom is -0.497 e. The molecule has 7 heteroatoms. The molecule has 134 valence electrons. The van der Waals surface area contributed by atoms with E-state index < -0.39 is 0 Å². The van der Waals surface area contributed by atoms with Crippen LogP contribution in [0.15, 0.2) is 53.3 Å². The highest BCUT2D eigenvalue weighted by Crippen LogP contribution is 2.20. The summed E-state index contributed by atoms with van der Waals surface area (Å²) in [6.07, 6.45) is 0.349. The summed E-state index contributed by atoms with van der Waals surface area (Å²) >= 11 is 0. The number of para-hydroxylation sites is 1. The molecule has 0 fully saturated rings. The molecule has 0 aliphatic heterocycles. The Morgan fingerprint density at radius 3 is 2.54 bits per heavy atom. The Labute approximate surface area is 151 Å². The van der Waals surface area contributed by atoms with Crippen molar-refractivity contribution in [3.8, 4) is 11.5 Å². The first-order valence-corrected chi connectivity index (χ1v) is 8.27.